The summed E-state index contributed by atoms with van der Waals surface area (Å²) in [6, 6.07) is 30.5. The number of benzene rings is 4. The van der Waals surface area contributed by atoms with Crippen LogP contribution in [0.5, 0.6) is 5.75 Å². The molecule has 0 radical (unpaired) electrons. The highest BCUT2D eigenvalue weighted by Crippen LogP contribution is 2.31. The Balaban J connectivity index is 1.25. The molecular formula is C34H35N5O4. The first-order valence-corrected chi connectivity index (χ1v) is 14.4. The Bertz CT molecular complexity index is 1620. The van der Waals surface area contributed by atoms with Gasteiger partial charge < -0.3 is 19.9 Å². The van der Waals surface area contributed by atoms with Crippen LogP contribution in [-0.4, -0.2) is 77.1 Å². The average molecular weight is 578 g/mol. The van der Waals surface area contributed by atoms with Gasteiger partial charge in [-0.15, -0.1) is 0 Å². The van der Waals surface area contributed by atoms with Gasteiger partial charge in [-0.05, 0) is 39.6 Å². The third-order valence-corrected chi connectivity index (χ3v) is 8.36. The first-order valence-electron chi connectivity index (χ1n) is 14.4. The van der Waals surface area contributed by atoms with Gasteiger partial charge in [0.1, 0.15) is 18.0 Å². The third-order valence-electron chi connectivity index (χ3n) is 8.36. The molecule has 0 bridgehead atoms. The maximum Gasteiger partial charge on any atom is 0.332 e. The predicted octanol–water partition coefficient (Wildman–Crippen LogP) is 4.03. The fraction of sp³-hybridized carbons (Fsp3) is 0.265. The second-order valence-corrected chi connectivity index (χ2v) is 11.0. The smallest absolute Gasteiger partial charge is 0.332 e. The third kappa shape index (κ3) is 5.76. The number of carbonyl (C=O) groups excluding carboxylic acids is 3. The van der Waals surface area contributed by atoms with Crippen molar-refractivity contribution in [1.29, 1.82) is 0 Å². The minimum Gasteiger partial charge on any atom is -0.497 e. The molecule has 2 aliphatic heterocycles. The molecular weight excluding hydrogens is 542 g/mol. The van der Waals surface area contributed by atoms with Crippen molar-refractivity contribution in [2.45, 2.75) is 31.7 Å². The fourth-order valence-corrected chi connectivity index (χ4v) is 6.08. The van der Waals surface area contributed by atoms with E-state index in [2.05, 4.69) is 23.5 Å². The first-order chi connectivity index (χ1) is 20.9. The minimum atomic E-state index is -0.676. The first kappa shape index (κ1) is 28.2. The number of ether oxygens (including phenoxy) is 1. The molecule has 4 aromatic rings. The number of nitrogens with zero attached hydrogens (tertiary/aromatic N) is 4. The summed E-state index contributed by atoms with van der Waals surface area (Å²) in [7, 11) is 3.27. The summed E-state index contributed by atoms with van der Waals surface area (Å²) in [4.78, 5) is 44.4. The van der Waals surface area contributed by atoms with E-state index in [0.29, 0.717) is 19.5 Å². The molecule has 0 aliphatic carbocycles. The summed E-state index contributed by atoms with van der Waals surface area (Å²) in [5.74, 6) is 0.488. The van der Waals surface area contributed by atoms with E-state index in [0.717, 1.165) is 33.2 Å². The van der Waals surface area contributed by atoms with Crippen LogP contribution in [0.4, 0.5) is 4.79 Å². The maximum absolute atomic E-state index is 14.1. The molecule has 9 nitrogen and oxygen atoms in total. The molecule has 2 heterocycles. The Labute approximate surface area is 251 Å². The number of urea groups is 1. The summed E-state index contributed by atoms with van der Waals surface area (Å²) in [5.41, 5.74) is 2.94. The van der Waals surface area contributed by atoms with E-state index in [1.807, 2.05) is 83.8 Å². The van der Waals surface area contributed by atoms with Crippen molar-refractivity contribution >= 4 is 28.6 Å². The van der Waals surface area contributed by atoms with Gasteiger partial charge in [0.05, 0.1) is 20.2 Å². The van der Waals surface area contributed by atoms with E-state index in [1.165, 1.54) is 5.01 Å². The van der Waals surface area contributed by atoms with E-state index in [9.17, 15) is 14.4 Å². The average Bonchev–Trinajstić information content (AvgIpc) is 3.37. The van der Waals surface area contributed by atoms with E-state index in [4.69, 9.17) is 4.74 Å². The molecule has 220 valence electrons. The number of hydrogen-bond donors (Lipinski definition) is 1. The van der Waals surface area contributed by atoms with Crippen molar-refractivity contribution in [1.82, 2.24) is 25.1 Å². The van der Waals surface area contributed by atoms with Crippen LogP contribution in [0.25, 0.3) is 10.8 Å². The van der Waals surface area contributed by atoms with Gasteiger partial charge in [0, 0.05) is 26.6 Å². The van der Waals surface area contributed by atoms with Crippen LogP contribution < -0.4 is 10.1 Å². The molecule has 43 heavy (non-hydrogen) atoms. The Morgan fingerprint density at radius 1 is 0.907 bits per heavy atom. The summed E-state index contributed by atoms with van der Waals surface area (Å²) in [6.45, 7) is 1.03. The molecule has 0 spiro atoms. The second kappa shape index (κ2) is 12.1. The van der Waals surface area contributed by atoms with Crippen molar-refractivity contribution in [3.8, 4) is 5.75 Å². The molecule has 0 unspecified atom stereocenters. The zero-order valence-electron chi connectivity index (χ0n) is 24.3. The molecule has 2 saturated heterocycles. The van der Waals surface area contributed by atoms with E-state index in [-0.39, 0.29) is 30.9 Å². The van der Waals surface area contributed by atoms with Gasteiger partial charge in [0.25, 0.3) is 0 Å². The maximum atomic E-state index is 14.1. The Kier molecular flexibility index (Phi) is 7.98. The van der Waals surface area contributed by atoms with Crippen molar-refractivity contribution in [3.63, 3.8) is 0 Å². The minimum absolute atomic E-state index is 0.0117. The SMILES string of the molecule is COc1ccc(CNC(=O)N(C)N2CC(=O)N3[C@@H](Cc4ccccc4)C(=O)N(Cc4cccc5ccccc45)C[C@@H]32)cc1. The lowest BCUT2D eigenvalue weighted by Crippen LogP contribution is -2.65. The van der Waals surface area contributed by atoms with Gasteiger partial charge in [-0.3, -0.25) is 14.6 Å². The highest BCUT2D eigenvalue weighted by molar-refractivity contribution is 5.92. The Morgan fingerprint density at radius 2 is 1.63 bits per heavy atom. The zero-order valence-corrected chi connectivity index (χ0v) is 24.3. The molecule has 0 saturated carbocycles. The number of fused-ring (bicyclic) bond motifs is 2. The number of carbonyl (C=O) groups is 3. The quantitative estimate of drug-likeness (QED) is 0.342. The second-order valence-electron chi connectivity index (χ2n) is 11.0. The van der Waals surface area contributed by atoms with Crippen molar-refractivity contribution in [2.24, 2.45) is 0 Å². The number of nitrogens with one attached hydrogen (secondary N) is 1. The van der Waals surface area contributed by atoms with E-state index in [1.54, 1.807) is 24.1 Å². The number of rotatable bonds is 8. The van der Waals surface area contributed by atoms with Crippen LogP contribution >= 0.6 is 0 Å². The van der Waals surface area contributed by atoms with Gasteiger partial charge in [-0.2, -0.15) is 5.01 Å². The molecule has 4 aromatic carbocycles. The molecule has 9 heteroatoms. The highest BCUT2D eigenvalue weighted by Gasteiger charge is 2.51. The predicted molar refractivity (Wildman–Crippen MR) is 164 cm³/mol. The van der Waals surface area contributed by atoms with Crippen LogP contribution in [0, 0.1) is 0 Å². The van der Waals surface area contributed by atoms with Gasteiger partial charge in [-0.25, -0.2) is 4.79 Å². The summed E-state index contributed by atoms with van der Waals surface area (Å²) in [5, 5.41) is 8.39. The number of piperazine rings is 1. The van der Waals surface area contributed by atoms with Gasteiger partial charge >= 0.3 is 6.03 Å². The molecule has 4 amide bonds. The van der Waals surface area contributed by atoms with Crippen LogP contribution in [0.1, 0.15) is 16.7 Å². The van der Waals surface area contributed by atoms with Gasteiger partial charge in [0.15, 0.2) is 0 Å². The molecule has 6 rings (SSSR count). The largest absolute Gasteiger partial charge is 0.497 e. The van der Waals surface area contributed by atoms with Crippen molar-refractivity contribution in [3.05, 3.63) is 114 Å². The lowest BCUT2D eigenvalue weighted by molar-refractivity contribution is -0.157. The van der Waals surface area contributed by atoms with Crippen LogP contribution in [0.15, 0.2) is 97.1 Å². The van der Waals surface area contributed by atoms with Crippen LogP contribution in [0.2, 0.25) is 0 Å². The van der Waals surface area contributed by atoms with Crippen molar-refractivity contribution in [2.75, 3.05) is 27.2 Å². The molecule has 2 atom stereocenters. The summed E-state index contributed by atoms with van der Waals surface area (Å²) >= 11 is 0. The summed E-state index contributed by atoms with van der Waals surface area (Å²) < 4.78 is 5.21. The fourth-order valence-electron chi connectivity index (χ4n) is 6.08. The molecule has 2 aliphatic rings. The lowest BCUT2D eigenvalue weighted by Gasteiger charge is -2.46. The van der Waals surface area contributed by atoms with Gasteiger partial charge in [-0.1, -0.05) is 84.9 Å². The number of hydrazine groups is 1. The van der Waals surface area contributed by atoms with E-state index < -0.39 is 12.2 Å². The topological polar surface area (TPSA) is 85.4 Å². The normalized spacial score (nSPS) is 18.6. The monoisotopic (exact) mass is 577 g/mol. The molecule has 2 fully saturated rings. The van der Waals surface area contributed by atoms with E-state index >= 15 is 0 Å². The number of methoxy groups -OCH3 is 1. The molecule has 0 aromatic heterocycles. The number of hydrogen-bond acceptors (Lipinski definition) is 5. The number of amides is 4. The zero-order chi connectivity index (χ0) is 29.9. The van der Waals surface area contributed by atoms with Crippen LogP contribution in [-0.2, 0) is 29.1 Å². The van der Waals surface area contributed by atoms with Gasteiger partial charge in [0.2, 0.25) is 11.8 Å². The standard InChI is InChI=1S/C34H35N5O4/c1-36(34(42)35-20-25-15-17-28(43-2)18-16-25)38-23-32(40)39-30(19-24-9-4-3-5-10-24)33(41)37(22-31(38)39)21-27-13-8-12-26-11-6-7-14-29(26)27/h3-18,30-31H,19-23H2,1-2H3,(H,35,42)/t30-,31+/m0/s1. The highest BCUT2D eigenvalue weighted by atomic mass is 16.5. The Hall–Kier alpha value is -4.89. The lowest BCUT2D eigenvalue weighted by atomic mass is 9.99. The summed E-state index contributed by atoms with van der Waals surface area (Å²) in [6.07, 6.45) is -0.0829. The molecule has 1 N–H and O–H groups in total. The van der Waals surface area contributed by atoms with Crippen LogP contribution in [0.3, 0.4) is 0 Å². The van der Waals surface area contributed by atoms with Crippen molar-refractivity contribution < 1.29 is 19.1 Å². The Morgan fingerprint density at radius 3 is 2.40 bits per heavy atom.